The minimum atomic E-state index is -1.07. The van der Waals surface area contributed by atoms with E-state index in [2.05, 4.69) is 57.1 Å². The number of primary amides is 1. The van der Waals surface area contributed by atoms with E-state index in [4.69, 9.17) is 30.4 Å². The minimum Gasteiger partial charge on any atom is -0.445 e. The number of urea groups is 1. The Morgan fingerprint density at radius 1 is 0.735 bits per heavy atom. The van der Waals surface area contributed by atoms with Gasteiger partial charge >= 0.3 is 12.1 Å². The Labute approximate surface area is 479 Å². The molecule has 4 heterocycles. The van der Waals surface area contributed by atoms with Crippen molar-refractivity contribution in [1.82, 2.24) is 46.4 Å². The van der Waals surface area contributed by atoms with Gasteiger partial charge in [-0.1, -0.05) is 50.2 Å². The second-order valence-corrected chi connectivity index (χ2v) is 19.4. The zero-order valence-electron chi connectivity index (χ0n) is 46.4. The molecule has 6 rings (SSSR count). The fourth-order valence-corrected chi connectivity index (χ4v) is 8.42. The molecule has 2 aliphatic rings. The summed E-state index contributed by atoms with van der Waals surface area (Å²) in [7, 11) is 0. The first kappa shape index (κ1) is 63.1. The van der Waals surface area contributed by atoms with Crippen LogP contribution in [0.2, 0.25) is 0 Å². The smallest absolute Gasteiger partial charge is 0.407 e. The number of nitrogens with one attached hydrogen (secondary N) is 7. The van der Waals surface area contributed by atoms with Gasteiger partial charge in [0.1, 0.15) is 18.7 Å². The molecule has 0 radical (unpaired) electrons. The number of ether oxygens (including phenoxy) is 4. The second-order valence-electron chi connectivity index (χ2n) is 19.4. The fraction of sp³-hybridized carbons (Fsp3) is 0.429. The van der Waals surface area contributed by atoms with Crippen LogP contribution in [0.1, 0.15) is 67.6 Å². The van der Waals surface area contributed by atoms with Crippen molar-refractivity contribution < 1.29 is 62.1 Å². The molecule has 2 aromatic heterocycles. The van der Waals surface area contributed by atoms with Crippen molar-refractivity contribution in [3.8, 4) is 11.3 Å². The number of carbonyl (C=O) groups is 9. The predicted octanol–water partition coefficient (Wildman–Crippen LogP) is 1.94. The van der Waals surface area contributed by atoms with Crippen molar-refractivity contribution in [2.45, 2.75) is 71.1 Å². The molecule has 0 saturated carbocycles. The number of nitrogens with zero attached hydrogens (tertiary/aromatic N) is 5. The van der Waals surface area contributed by atoms with Gasteiger partial charge in [0.25, 0.3) is 17.7 Å². The van der Waals surface area contributed by atoms with Gasteiger partial charge in [0.2, 0.25) is 23.6 Å². The topological polar surface area (TPSA) is 372 Å². The molecule has 1 unspecified atom stereocenters. The van der Waals surface area contributed by atoms with E-state index in [1.54, 1.807) is 50.5 Å². The van der Waals surface area contributed by atoms with E-state index in [9.17, 15) is 43.2 Å². The summed E-state index contributed by atoms with van der Waals surface area (Å²) < 4.78 is 21.8. The Bertz CT molecular complexity index is 2880. The van der Waals surface area contributed by atoms with Gasteiger partial charge in [-0.2, -0.15) is 0 Å². The molecule has 2 atom stereocenters. The first-order valence-corrected chi connectivity index (χ1v) is 27.2. The first-order valence-electron chi connectivity index (χ1n) is 27.2. The number of aromatic nitrogens is 3. The van der Waals surface area contributed by atoms with E-state index in [-0.39, 0.29) is 102 Å². The molecule has 11 N–H and O–H groups in total. The standard InChI is InChI=1S/C56H72N14O13/c1-36(2)49(68-46(72)19-27-80-31-32-81-28-23-60-45(71)18-24-70-47(73)15-16-48(70)74)53(76)66-41(6-4-20-61-55(58)78)52(75)64-40-13-9-38(10-14-40)35-83-56(79)62-21-3-5-37-7-11-39(12-8-37)42-34-63-51(57)50(65-42)54(77)67-43-33-59-22-17-44(43)69-25-29-82-30-26-69/h7-17,22,33-34,36,41,49H,3-6,18-21,23-32,35H2,1-2H3,(H2,57,63)(H,60,71)(H,62,79)(H,64,75)(H,66,76)(H,67,77)(H,68,72)(H3,58,61,78)/t41-,49?/m0/s1. The Morgan fingerprint density at radius 2 is 1.43 bits per heavy atom. The van der Waals surface area contributed by atoms with Gasteiger partial charge < -0.3 is 72.5 Å². The number of carbonyl (C=O) groups excluding carboxylic acids is 9. The normalized spacial score (nSPS) is 13.7. The predicted molar refractivity (Wildman–Crippen MR) is 304 cm³/mol. The molecule has 444 valence electrons. The van der Waals surface area contributed by atoms with Crippen molar-refractivity contribution >= 4 is 76.4 Å². The molecule has 0 spiro atoms. The molecular formula is C56H72N14O13. The lowest BCUT2D eigenvalue weighted by Gasteiger charge is -2.30. The zero-order chi connectivity index (χ0) is 59.5. The summed E-state index contributed by atoms with van der Waals surface area (Å²) in [6, 6.07) is 13.2. The molecule has 0 aliphatic carbocycles. The molecular weight excluding hydrogens is 1080 g/mol. The number of nitrogens with two attached hydrogens (primary N) is 2. The highest BCUT2D eigenvalue weighted by molar-refractivity contribution is 6.13. The van der Waals surface area contributed by atoms with Gasteiger partial charge in [-0.05, 0) is 60.9 Å². The van der Waals surface area contributed by atoms with Gasteiger partial charge in [0.15, 0.2) is 11.5 Å². The molecule has 2 aliphatic heterocycles. The number of nitrogen functional groups attached to an aromatic ring is 1. The van der Waals surface area contributed by atoms with Gasteiger partial charge in [0, 0.05) is 81.7 Å². The average Bonchev–Trinajstić information content (AvgIpc) is 4.05. The molecule has 27 heteroatoms. The monoisotopic (exact) mass is 1150 g/mol. The maximum absolute atomic E-state index is 13.6. The van der Waals surface area contributed by atoms with E-state index in [0.717, 1.165) is 33.9 Å². The summed E-state index contributed by atoms with van der Waals surface area (Å²) >= 11 is 0. The van der Waals surface area contributed by atoms with Crippen LogP contribution in [-0.4, -0.2) is 164 Å². The highest BCUT2D eigenvalue weighted by Gasteiger charge is 2.29. The van der Waals surface area contributed by atoms with Gasteiger partial charge in [-0.3, -0.25) is 43.4 Å². The molecule has 2 aromatic carbocycles. The lowest BCUT2D eigenvalue weighted by molar-refractivity contribution is -0.137. The van der Waals surface area contributed by atoms with Crippen molar-refractivity contribution in [3.05, 3.63) is 102 Å². The number of benzene rings is 2. The molecule has 27 nitrogen and oxygen atoms in total. The molecule has 83 heavy (non-hydrogen) atoms. The highest BCUT2D eigenvalue weighted by atomic mass is 16.5. The Kier molecular flexibility index (Phi) is 25.1. The number of hydrogen-bond donors (Lipinski definition) is 9. The lowest BCUT2D eigenvalue weighted by Crippen LogP contribution is -2.54. The summed E-state index contributed by atoms with van der Waals surface area (Å²) in [5.74, 6) is -3.76. The zero-order valence-corrected chi connectivity index (χ0v) is 46.4. The van der Waals surface area contributed by atoms with Crippen LogP contribution in [0.15, 0.2) is 85.3 Å². The quantitative estimate of drug-likeness (QED) is 0.0249. The number of anilines is 4. The number of alkyl carbamates (subject to hydrolysis) is 1. The molecule has 10 amide bonds. The van der Waals surface area contributed by atoms with E-state index in [0.29, 0.717) is 68.3 Å². The number of aryl methyl sites for hydroxylation is 1. The maximum atomic E-state index is 13.6. The summed E-state index contributed by atoms with van der Waals surface area (Å²) in [4.78, 5) is 129. The second kappa shape index (κ2) is 33.0. The SMILES string of the molecule is CC(C)C(NC(=O)CCOCCOCCNC(=O)CCN1C(=O)C=CC1=O)C(=O)N[C@@H](CCCNC(N)=O)C(=O)Nc1ccc(COC(=O)NCCCc2ccc(-c3cnc(N)c(C(=O)Nc4cnccc4N4CCOCC4)n3)cc2)cc1. The molecule has 1 fully saturated rings. The largest absolute Gasteiger partial charge is 0.445 e. The van der Waals surface area contributed by atoms with Crippen molar-refractivity contribution in [2.24, 2.45) is 11.7 Å². The third-order valence-electron chi connectivity index (χ3n) is 12.9. The Balaban J connectivity index is 0.872. The average molecular weight is 1150 g/mol. The number of imide groups is 1. The summed E-state index contributed by atoms with van der Waals surface area (Å²) in [5, 5.41) is 19.0. The number of pyridine rings is 1. The van der Waals surface area contributed by atoms with Gasteiger partial charge in [0.05, 0.1) is 69.1 Å². The summed E-state index contributed by atoms with van der Waals surface area (Å²) in [5.41, 5.74) is 15.9. The van der Waals surface area contributed by atoms with Crippen LogP contribution in [0.3, 0.4) is 0 Å². The third kappa shape index (κ3) is 21.1. The number of hydrogen-bond acceptors (Lipinski definition) is 18. The van der Waals surface area contributed by atoms with E-state index >= 15 is 0 Å². The number of rotatable bonds is 32. The molecule has 4 aromatic rings. The summed E-state index contributed by atoms with van der Waals surface area (Å²) in [6.07, 6.45) is 8.00. The Hall–Kier alpha value is -9.08. The van der Waals surface area contributed by atoms with Crippen LogP contribution in [-0.2, 0) is 60.7 Å². The fourth-order valence-electron chi connectivity index (χ4n) is 8.42. The maximum Gasteiger partial charge on any atom is 0.407 e. The van der Waals surface area contributed by atoms with Crippen LogP contribution in [0.5, 0.6) is 0 Å². The minimum absolute atomic E-state index is 0.0119. The molecule has 0 bridgehead atoms. The molecule has 1 saturated heterocycles. The van der Waals surface area contributed by atoms with Crippen LogP contribution in [0.4, 0.5) is 32.5 Å². The van der Waals surface area contributed by atoms with Gasteiger partial charge in [-0.25, -0.2) is 19.6 Å². The first-order chi connectivity index (χ1) is 40.0. The van der Waals surface area contributed by atoms with Crippen molar-refractivity contribution in [1.29, 1.82) is 0 Å². The van der Waals surface area contributed by atoms with E-state index in [1.807, 2.05) is 30.3 Å². The van der Waals surface area contributed by atoms with Crippen LogP contribution >= 0.6 is 0 Å². The van der Waals surface area contributed by atoms with Crippen LogP contribution in [0.25, 0.3) is 11.3 Å². The van der Waals surface area contributed by atoms with Crippen LogP contribution in [0, 0.1) is 5.92 Å². The lowest BCUT2D eigenvalue weighted by atomic mass is 10.0. The Morgan fingerprint density at radius 3 is 2.14 bits per heavy atom. The number of amides is 10. The van der Waals surface area contributed by atoms with Crippen molar-refractivity contribution in [2.75, 3.05) is 100 Å². The number of morpholine rings is 1. The van der Waals surface area contributed by atoms with Gasteiger partial charge in [-0.15, -0.1) is 0 Å². The van der Waals surface area contributed by atoms with E-state index < -0.39 is 59.7 Å². The van der Waals surface area contributed by atoms with E-state index in [1.165, 1.54) is 6.20 Å². The highest BCUT2D eigenvalue weighted by Crippen LogP contribution is 2.27. The third-order valence-corrected chi connectivity index (χ3v) is 12.9. The van der Waals surface area contributed by atoms with Crippen molar-refractivity contribution in [3.63, 3.8) is 0 Å². The van der Waals surface area contributed by atoms with Crippen LogP contribution < -0.4 is 53.6 Å². The summed E-state index contributed by atoms with van der Waals surface area (Å²) in [6.45, 7) is 7.16.